The van der Waals surface area contributed by atoms with Crippen LogP contribution in [0.3, 0.4) is 0 Å². The van der Waals surface area contributed by atoms with E-state index in [0.29, 0.717) is 17.9 Å². The van der Waals surface area contributed by atoms with Gasteiger partial charge in [0, 0.05) is 18.1 Å². The Morgan fingerprint density at radius 3 is 2.62 bits per heavy atom. The SMILES string of the molecule is CC(CO)C1=CC2(OO)CCC3C(C)(C)CCCC3(C)C2=CC1=O. The second kappa shape index (κ2) is 5.79. The minimum atomic E-state index is -0.911. The van der Waals surface area contributed by atoms with Gasteiger partial charge >= 0.3 is 0 Å². The van der Waals surface area contributed by atoms with Crippen molar-refractivity contribution < 1.29 is 20.0 Å². The molecule has 0 heterocycles. The van der Waals surface area contributed by atoms with Crippen molar-refractivity contribution in [2.24, 2.45) is 22.7 Å². The minimum absolute atomic E-state index is 0.0514. The van der Waals surface area contributed by atoms with E-state index in [4.69, 9.17) is 4.89 Å². The van der Waals surface area contributed by atoms with E-state index in [0.717, 1.165) is 24.8 Å². The molecule has 24 heavy (non-hydrogen) atoms. The molecule has 3 aliphatic carbocycles. The first-order valence-electron chi connectivity index (χ1n) is 9.13. The van der Waals surface area contributed by atoms with E-state index in [-0.39, 0.29) is 29.1 Å². The molecule has 0 amide bonds. The van der Waals surface area contributed by atoms with Crippen molar-refractivity contribution in [3.63, 3.8) is 0 Å². The fraction of sp³-hybridized carbons (Fsp3) is 0.750. The van der Waals surface area contributed by atoms with Crippen molar-refractivity contribution in [3.8, 4) is 0 Å². The maximum atomic E-state index is 12.7. The van der Waals surface area contributed by atoms with Gasteiger partial charge in [0.2, 0.25) is 0 Å². The lowest BCUT2D eigenvalue weighted by Crippen LogP contribution is -2.55. The molecule has 4 heteroatoms. The average molecular weight is 334 g/mol. The third-order valence-electron chi connectivity index (χ3n) is 7.02. The number of ketones is 1. The smallest absolute Gasteiger partial charge is 0.182 e. The van der Waals surface area contributed by atoms with Crippen LogP contribution in [0.5, 0.6) is 0 Å². The number of allylic oxidation sites excluding steroid dienone is 1. The van der Waals surface area contributed by atoms with Gasteiger partial charge in [-0.05, 0) is 60.2 Å². The molecule has 3 aliphatic rings. The monoisotopic (exact) mass is 334 g/mol. The van der Waals surface area contributed by atoms with Crippen molar-refractivity contribution in [1.29, 1.82) is 0 Å². The van der Waals surface area contributed by atoms with Crippen molar-refractivity contribution in [2.75, 3.05) is 6.61 Å². The Morgan fingerprint density at radius 1 is 1.29 bits per heavy atom. The highest BCUT2D eigenvalue weighted by Gasteiger charge is 2.58. The number of carbonyl (C=O) groups excluding carboxylic acids is 1. The Morgan fingerprint density at radius 2 is 2.00 bits per heavy atom. The summed E-state index contributed by atoms with van der Waals surface area (Å²) in [5.41, 5.74) is 0.655. The molecule has 4 atom stereocenters. The molecule has 4 unspecified atom stereocenters. The molecule has 0 bridgehead atoms. The minimum Gasteiger partial charge on any atom is -0.396 e. The van der Waals surface area contributed by atoms with Crippen LogP contribution in [0.2, 0.25) is 0 Å². The highest BCUT2D eigenvalue weighted by atomic mass is 17.1. The molecule has 134 valence electrons. The quantitative estimate of drug-likeness (QED) is 0.607. The number of fused-ring (bicyclic) bond motifs is 3. The highest BCUT2D eigenvalue weighted by Crippen LogP contribution is 2.63. The summed E-state index contributed by atoms with van der Waals surface area (Å²) < 4.78 is 0. The molecular weight excluding hydrogens is 304 g/mol. The number of rotatable bonds is 3. The number of aliphatic hydroxyl groups is 1. The van der Waals surface area contributed by atoms with Crippen LogP contribution in [0.15, 0.2) is 23.3 Å². The van der Waals surface area contributed by atoms with Crippen LogP contribution in [-0.2, 0) is 9.68 Å². The second-order valence-corrected chi connectivity index (χ2v) is 8.94. The van der Waals surface area contributed by atoms with Crippen LogP contribution in [-0.4, -0.2) is 28.4 Å². The van der Waals surface area contributed by atoms with Gasteiger partial charge in [-0.25, -0.2) is 4.89 Å². The third kappa shape index (κ3) is 2.42. The highest BCUT2D eigenvalue weighted by molar-refractivity contribution is 6.06. The molecule has 3 rings (SSSR count). The number of aliphatic hydroxyl groups excluding tert-OH is 1. The van der Waals surface area contributed by atoms with Crippen LogP contribution >= 0.6 is 0 Å². The normalized spacial score (nSPS) is 39.4. The first-order valence-corrected chi connectivity index (χ1v) is 9.13. The summed E-state index contributed by atoms with van der Waals surface area (Å²) in [7, 11) is 0. The fourth-order valence-electron chi connectivity index (χ4n) is 5.71. The van der Waals surface area contributed by atoms with Gasteiger partial charge in [-0.15, -0.1) is 0 Å². The fourth-order valence-corrected chi connectivity index (χ4v) is 5.71. The van der Waals surface area contributed by atoms with E-state index < -0.39 is 5.60 Å². The van der Waals surface area contributed by atoms with Crippen LogP contribution in [0.4, 0.5) is 0 Å². The van der Waals surface area contributed by atoms with Crippen molar-refractivity contribution in [1.82, 2.24) is 0 Å². The maximum Gasteiger partial charge on any atom is 0.182 e. The molecule has 2 fully saturated rings. The summed E-state index contributed by atoms with van der Waals surface area (Å²) in [5.74, 6) is 0.173. The zero-order valence-electron chi connectivity index (χ0n) is 15.3. The first kappa shape index (κ1) is 17.8. The molecule has 0 aromatic carbocycles. The molecule has 0 aromatic rings. The third-order valence-corrected chi connectivity index (χ3v) is 7.02. The predicted molar refractivity (Wildman–Crippen MR) is 92.3 cm³/mol. The van der Waals surface area contributed by atoms with Crippen molar-refractivity contribution >= 4 is 5.78 Å². The van der Waals surface area contributed by atoms with Gasteiger partial charge in [-0.2, -0.15) is 0 Å². The van der Waals surface area contributed by atoms with Crippen LogP contribution in [0.1, 0.15) is 59.8 Å². The van der Waals surface area contributed by atoms with Crippen LogP contribution in [0, 0.1) is 22.7 Å². The lowest BCUT2D eigenvalue weighted by Gasteiger charge is -2.59. The standard InChI is InChI=1S/C20H30O4/c1-13(12-21)14-11-20(24-23)9-6-16-18(2,3)7-5-8-19(16,4)17(20)10-15(14)22/h10-11,13,16,21,23H,5-9,12H2,1-4H3. The molecule has 0 aromatic heterocycles. The van der Waals surface area contributed by atoms with E-state index in [1.807, 2.05) is 6.92 Å². The Kier molecular flexibility index (Phi) is 4.30. The van der Waals surface area contributed by atoms with Gasteiger partial charge in [0.05, 0.1) is 0 Å². The Bertz CT molecular complexity index is 603. The predicted octanol–water partition coefficient (Wildman–Crippen LogP) is 3.91. The molecule has 2 N–H and O–H groups in total. The molecular formula is C20H30O4. The molecule has 0 radical (unpaired) electrons. The van der Waals surface area contributed by atoms with E-state index in [2.05, 4.69) is 20.8 Å². The number of hydrogen-bond acceptors (Lipinski definition) is 4. The van der Waals surface area contributed by atoms with Gasteiger partial charge in [0.15, 0.2) is 5.78 Å². The van der Waals surface area contributed by atoms with Gasteiger partial charge in [-0.3, -0.25) is 10.1 Å². The Labute approximate surface area is 144 Å². The molecule has 0 aliphatic heterocycles. The first-order chi connectivity index (χ1) is 11.2. The summed E-state index contributed by atoms with van der Waals surface area (Å²) in [6.45, 7) is 8.61. The summed E-state index contributed by atoms with van der Waals surface area (Å²) in [4.78, 5) is 17.8. The summed E-state index contributed by atoms with van der Waals surface area (Å²) in [6, 6.07) is 0. The van der Waals surface area contributed by atoms with Crippen LogP contribution < -0.4 is 0 Å². The largest absolute Gasteiger partial charge is 0.396 e. The zero-order chi connectivity index (χ0) is 17.8. The van der Waals surface area contributed by atoms with E-state index in [1.54, 1.807) is 12.2 Å². The lowest BCUT2D eigenvalue weighted by atomic mass is 9.47. The number of carbonyl (C=O) groups is 1. The van der Waals surface area contributed by atoms with Gasteiger partial charge in [-0.1, -0.05) is 34.1 Å². The second-order valence-electron chi connectivity index (χ2n) is 8.94. The summed E-state index contributed by atoms with van der Waals surface area (Å²) in [5, 5.41) is 19.3. The van der Waals surface area contributed by atoms with E-state index >= 15 is 0 Å². The van der Waals surface area contributed by atoms with Gasteiger partial charge in [0.25, 0.3) is 0 Å². The summed E-state index contributed by atoms with van der Waals surface area (Å²) in [6.07, 6.45) is 8.46. The van der Waals surface area contributed by atoms with Gasteiger partial charge < -0.3 is 5.11 Å². The Hall–Kier alpha value is -0.970. The molecule has 0 spiro atoms. The van der Waals surface area contributed by atoms with Crippen molar-refractivity contribution in [2.45, 2.75) is 65.4 Å². The van der Waals surface area contributed by atoms with Crippen molar-refractivity contribution in [3.05, 3.63) is 23.3 Å². The molecule has 0 saturated heterocycles. The molecule has 2 saturated carbocycles. The lowest BCUT2D eigenvalue weighted by molar-refractivity contribution is -0.309. The Balaban J connectivity index is 2.09. The van der Waals surface area contributed by atoms with E-state index in [9.17, 15) is 15.2 Å². The van der Waals surface area contributed by atoms with Crippen LogP contribution in [0.25, 0.3) is 0 Å². The number of hydrogen-bond donors (Lipinski definition) is 2. The van der Waals surface area contributed by atoms with E-state index in [1.165, 1.54) is 6.42 Å². The average Bonchev–Trinajstić information content (AvgIpc) is 2.53. The maximum absolute atomic E-state index is 12.7. The summed E-state index contributed by atoms with van der Waals surface area (Å²) >= 11 is 0. The van der Waals surface area contributed by atoms with Gasteiger partial charge in [0.1, 0.15) is 5.60 Å². The zero-order valence-corrected chi connectivity index (χ0v) is 15.3. The topological polar surface area (TPSA) is 66.8 Å². The molecule has 4 nitrogen and oxygen atoms in total.